The molecule has 2 N–H and O–H groups in total. The van der Waals surface area contributed by atoms with Crippen LogP contribution in [0.4, 0.5) is 0 Å². The fraction of sp³-hybridized carbons (Fsp3) is 0.955. The van der Waals surface area contributed by atoms with E-state index in [0.717, 1.165) is 38.5 Å². The number of carbonyl (C=O) groups excluding carboxylic acids is 1. The number of aliphatic hydroxyl groups is 2. The minimum atomic E-state index is -1.14. The van der Waals surface area contributed by atoms with E-state index >= 15 is 0 Å². The van der Waals surface area contributed by atoms with Gasteiger partial charge in [0, 0.05) is 5.41 Å². The summed E-state index contributed by atoms with van der Waals surface area (Å²) in [5, 5.41) is 21.6. The highest BCUT2D eigenvalue weighted by Gasteiger charge is 2.68. The summed E-state index contributed by atoms with van der Waals surface area (Å²) in [5.41, 5.74) is -1.04. The lowest BCUT2D eigenvalue weighted by molar-refractivity contribution is -0.175. The number of Topliss-reactive ketones (excluding diaryl/α,β-unsaturated/α-hetero) is 1. The van der Waals surface area contributed by atoms with Crippen molar-refractivity contribution in [1.29, 1.82) is 0 Å². The Morgan fingerprint density at radius 1 is 1.00 bits per heavy atom. The van der Waals surface area contributed by atoms with Crippen molar-refractivity contribution in [2.24, 2.45) is 40.4 Å². The van der Waals surface area contributed by atoms with Crippen molar-refractivity contribution in [3.8, 4) is 0 Å². The second-order valence-corrected chi connectivity index (χ2v) is 10.5. The molecule has 0 radical (unpaired) electrons. The Hall–Kier alpha value is -0.410. The van der Waals surface area contributed by atoms with Gasteiger partial charge in [-0.3, -0.25) is 4.79 Å². The van der Waals surface area contributed by atoms with Crippen LogP contribution in [0.3, 0.4) is 0 Å². The molecule has 0 aromatic carbocycles. The highest BCUT2D eigenvalue weighted by Crippen LogP contribution is 2.69. The number of aliphatic hydroxyl groups excluding tert-OH is 1. The lowest BCUT2D eigenvalue weighted by Crippen LogP contribution is -2.59. The van der Waals surface area contributed by atoms with Crippen LogP contribution in [-0.4, -0.2) is 27.7 Å². The fourth-order valence-corrected chi connectivity index (χ4v) is 8.33. The Morgan fingerprint density at radius 3 is 2.40 bits per heavy atom. The van der Waals surface area contributed by atoms with Crippen LogP contribution in [0, 0.1) is 40.4 Å². The molecule has 25 heavy (non-hydrogen) atoms. The molecule has 4 saturated carbocycles. The molecule has 0 spiro atoms. The second-order valence-electron chi connectivity index (χ2n) is 10.5. The van der Waals surface area contributed by atoms with Gasteiger partial charge in [0.15, 0.2) is 5.78 Å². The summed E-state index contributed by atoms with van der Waals surface area (Å²) in [7, 11) is 0. The van der Waals surface area contributed by atoms with Gasteiger partial charge < -0.3 is 10.2 Å². The lowest BCUT2D eigenvalue weighted by Gasteiger charge is -2.61. The van der Waals surface area contributed by atoms with E-state index in [4.69, 9.17) is 0 Å². The van der Waals surface area contributed by atoms with Crippen LogP contribution in [0.15, 0.2) is 0 Å². The number of hydrogen-bond acceptors (Lipinski definition) is 3. The number of carbonyl (C=O) groups is 1. The van der Waals surface area contributed by atoms with Crippen molar-refractivity contribution in [3.63, 3.8) is 0 Å². The number of ketones is 1. The van der Waals surface area contributed by atoms with Crippen molar-refractivity contribution >= 4 is 5.78 Å². The molecule has 4 aliphatic rings. The van der Waals surface area contributed by atoms with E-state index in [9.17, 15) is 15.0 Å². The van der Waals surface area contributed by atoms with E-state index in [1.54, 1.807) is 6.92 Å². The summed E-state index contributed by atoms with van der Waals surface area (Å²) in [6.07, 6.45) is 8.53. The van der Waals surface area contributed by atoms with Gasteiger partial charge >= 0.3 is 0 Å². The van der Waals surface area contributed by atoms with Crippen molar-refractivity contribution in [2.45, 2.75) is 90.8 Å². The predicted molar refractivity (Wildman–Crippen MR) is 97.9 cm³/mol. The van der Waals surface area contributed by atoms with Gasteiger partial charge in [-0.1, -0.05) is 20.8 Å². The molecule has 0 saturated heterocycles. The van der Waals surface area contributed by atoms with Gasteiger partial charge in [0.2, 0.25) is 0 Å². The molecule has 4 aliphatic carbocycles. The predicted octanol–water partition coefficient (Wildman–Crippen LogP) is 3.96. The molecule has 4 rings (SSSR count). The fourth-order valence-electron chi connectivity index (χ4n) is 8.33. The zero-order valence-corrected chi connectivity index (χ0v) is 16.4. The number of fused-ring (bicyclic) bond motifs is 5. The normalized spacial score (nSPS) is 58.2. The van der Waals surface area contributed by atoms with E-state index in [2.05, 4.69) is 20.8 Å². The topological polar surface area (TPSA) is 57.5 Å². The SMILES string of the molecule is CC(=O)[C@@]1(O)[C@@H](C)CC2C3CC[C@H]4CC(O)CC[C@]4(C)C3CC[C@@]21C. The summed E-state index contributed by atoms with van der Waals surface area (Å²) in [4.78, 5) is 12.4. The summed E-state index contributed by atoms with van der Waals surface area (Å²) >= 11 is 0. The highest BCUT2D eigenvalue weighted by molar-refractivity contribution is 5.86. The van der Waals surface area contributed by atoms with Gasteiger partial charge in [0.1, 0.15) is 5.60 Å². The van der Waals surface area contributed by atoms with E-state index in [1.165, 1.54) is 12.8 Å². The van der Waals surface area contributed by atoms with Crippen molar-refractivity contribution in [3.05, 3.63) is 0 Å². The minimum absolute atomic E-state index is 0.0239. The molecular formula is C22H36O3. The molecule has 3 nitrogen and oxygen atoms in total. The van der Waals surface area contributed by atoms with E-state index in [-0.39, 0.29) is 23.2 Å². The van der Waals surface area contributed by atoms with Gasteiger partial charge in [0.05, 0.1) is 6.10 Å². The average Bonchev–Trinajstić information content (AvgIpc) is 2.77. The van der Waals surface area contributed by atoms with E-state index in [0.29, 0.717) is 29.1 Å². The molecule has 0 bridgehead atoms. The molecule has 142 valence electrons. The Balaban J connectivity index is 1.67. The quantitative estimate of drug-likeness (QED) is 0.754. The van der Waals surface area contributed by atoms with E-state index in [1.807, 2.05) is 0 Å². The van der Waals surface area contributed by atoms with Crippen LogP contribution in [-0.2, 0) is 4.79 Å². The van der Waals surface area contributed by atoms with Gasteiger partial charge in [-0.15, -0.1) is 0 Å². The summed E-state index contributed by atoms with van der Waals surface area (Å²) < 4.78 is 0. The minimum Gasteiger partial charge on any atom is -0.393 e. The first-order chi connectivity index (χ1) is 11.6. The highest BCUT2D eigenvalue weighted by atomic mass is 16.3. The summed E-state index contributed by atoms with van der Waals surface area (Å²) in [6.45, 7) is 8.37. The summed E-state index contributed by atoms with van der Waals surface area (Å²) in [5.74, 6) is 2.53. The molecule has 9 atom stereocenters. The number of hydrogen-bond donors (Lipinski definition) is 2. The molecule has 0 amide bonds. The van der Waals surface area contributed by atoms with Crippen LogP contribution in [0.1, 0.15) is 79.1 Å². The second kappa shape index (κ2) is 5.55. The van der Waals surface area contributed by atoms with Gasteiger partial charge in [-0.05, 0) is 93.3 Å². The molecule has 0 aromatic heterocycles. The monoisotopic (exact) mass is 348 g/mol. The molecular weight excluding hydrogens is 312 g/mol. The van der Waals surface area contributed by atoms with Gasteiger partial charge in [-0.25, -0.2) is 0 Å². The van der Waals surface area contributed by atoms with Crippen molar-refractivity contribution < 1.29 is 15.0 Å². The van der Waals surface area contributed by atoms with Crippen molar-refractivity contribution in [2.75, 3.05) is 0 Å². The van der Waals surface area contributed by atoms with Crippen LogP contribution >= 0.6 is 0 Å². The third-order valence-electron chi connectivity index (χ3n) is 9.76. The third-order valence-corrected chi connectivity index (χ3v) is 9.76. The summed E-state index contributed by atoms with van der Waals surface area (Å²) in [6, 6.07) is 0. The Kier molecular flexibility index (Phi) is 3.99. The Bertz CT molecular complexity index is 574. The smallest absolute Gasteiger partial charge is 0.162 e. The zero-order chi connectivity index (χ0) is 18.2. The molecule has 4 unspecified atom stereocenters. The first kappa shape index (κ1) is 18.0. The van der Waals surface area contributed by atoms with Gasteiger partial charge in [0.25, 0.3) is 0 Å². The maximum absolute atomic E-state index is 12.4. The first-order valence-electron chi connectivity index (χ1n) is 10.6. The third kappa shape index (κ3) is 2.15. The molecule has 0 aromatic rings. The van der Waals surface area contributed by atoms with Gasteiger partial charge in [-0.2, -0.15) is 0 Å². The van der Waals surface area contributed by atoms with Crippen molar-refractivity contribution in [1.82, 2.24) is 0 Å². The largest absolute Gasteiger partial charge is 0.393 e. The lowest BCUT2D eigenvalue weighted by atomic mass is 9.44. The van der Waals surface area contributed by atoms with Crippen LogP contribution in [0.25, 0.3) is 0 Å². The maximum atomic E-state index is 12.4. The average molecular weight is 349 g/mol. The standard InChI is InChI=1S/C22H36O3/c1-13-11-19-17-6-5-15-12-16(24)7-9-20(15,3)18(17)8-10-21(19,4)22(13,25)14(2)23/h13,15-19,24-25H,5-12H2,1-4H3/t13-,15-,16?,17?,18?,19?,20-,21-,22-/m0/s1. The molecule has 3 heteroatoms. The Morgan fingerprint density at radius 2 is 1.72 bits per heavy atom. The molecule has 4 fully saturated rings. The van der Waals surface area contributed by atoms with Crippen LogP contribution in [0.2, 0.25) is 0 Å². The molecule has 0 heterocycles. The van der Waals surface area contributed by atoms with Crippen LogP contribution < -0.4 is 0 Å². The zero-order valence-electron chi connectivity index (χ0n) is 16.4. The first-order valence-corrected chi connectivity index (χ1v) is 10.6. The van der Waals surface area contributed by atoms with Crippen LogP contribution in [0.5, 0.6) is 0 Å². The van der Waals surface area contributed by atoms with E-state index < -0.39 is 5.60 Å². The maximum Gasteiger partial charge on any atom is 0.162 e. The molecule has 0 aliphatic heterocycles. The number of rotatable bonds is 1. The Labute approximate surface area is 152 Å².